The second-order valence-corrected chi connectivity index (χ2v) is 4.15. The van der Waals surface area contributed by atoms with Crippen molar-refractivity contribution in [2.45, 2.75) is 0 Å². The maximum atomic E-state index is 11.8. The quantitative estimate of drug-likeness (QED) is 0.495. The predicted molar refractivity (Wildman–Crippen MR) is 74.9 cm³/mol. The van der Waals surface area contributed by atoms with Gasteiger partial charge in [0.1, 0.15) is 5.70 Å². The van der Waals surface area contributed by atoms with E-state index >= 15 is 0 Å². The van der Waals surface area contributed by atoms with Crippen LogP contribution in [-0.2, 0) is 4.79 Å². The molecule has 0 aliphatic carbocycles. The number of amides is 1. The van der Waals surface area contributed by atoms with Crippen molar-refractivity contribution >= 4 is 23.6 Å². The summed E-state index contributed by atoms with van der Waals surface area (Å²) in [5.74, 6) is -2.17. The molecule has 8 nitrogen and oxygen atoms in total. The number of nitrogens with one attached hydrogen (secondary N) is 1. The molecule has 0 saturated carbocycles. The van der Waals surface area contributed by atoms with Crippen molar-refractivity contribution in [3.63, 3.8) is 0 Å². The largest absolute Gasteiger partial charge is 0.477 e. The lowest BCUT2D eigenvalue weighted by atomic mass is 10.1. The molecule has 2 aromatic rings. The molecule has 0 atom stereocenters. The highest BCUT2D eigenvalue weighted by Gasteiger charge is 2.15. The fourth-order valence-corrected chi connectivity index (χ4v) is 1.64. The van der Waals surface area contributed by atoms with Gasteiger partial charge in [-0.3, -0.25) is 14.9 Å². The molecule has 0 aliphatic heterocycles. The average molecular weight is 302 g/mol. The summed E-state index contributed by atoms with van der Waals surface area (Å²) in [6.45, 7) is 0. The molecule has 0 unspecified atom stereocenters. The van der Waals surface area contributed by atoms with E-state index in [9.17, 15) is 19.7 Å². The third-order valence-corrected chi connectivity index (χ3v) is 2.62. The van der Waals surface area contributed by atoms with Crippen molar-refractivity contribution in [2.24, 2.45) is 0 Å². The summed E-state index contributed by atoms with van der Waals surface area (Å²) in [5.41, 5.74) is -0.343. The lowest BCUT2D eigenvalue weighted by molar-refractivity contribution is -0.384. The molecule has 0 fully saturated rings. The Morgan fingerprint density at radius 3 is 2.64 bits per heavy atom. The monoisotopic (exact) mass is 302 g/mol. The van der Waals surface area contributed by atoms with Crippen LogP contribution in [0.1, 0.15) is 16.1 Å². The number of furan rings is 1. The zero-order valence-electron chi connectivity index (χ0n) is 11.1. The van der Waals surface area contributed by atoms with Gasteiger partial charge in [-0.05, 0) is 23.8 Å². The Morgan fingerprint density at radius 1 is 1.27 bits per heavy atom. The Hall–Kier alpha value is -3.42. The molecule has 0 radical (unpaired) electrons. The highest BCUT2D eigenvalue weighted by atomic mass is 16.6. The van der Waals surface area contributed by atoms with Gasteiger partial charge in [-0.25, -0.2) is 4.79 Å². The molecule has 0 bridgehead atoms. The molecule has 1 aromatic heterocycles. The van der Waals surface area contributed by atoms with E-state index < -0.39 is 22.5 Å². The average Bonchev–Trinajstić information content (AvgIpc) is 3.01. The van der Waals surface area contributed by atoms with Gasteiger partial charge in [-0.2, -0.15) is 0 Å². The van der Waals surface area contributed by atoms with Crippen LogP contribution in [0.4, 0.5) is 5.69 Å². The van der Waals surface area contributed by atoms with Crippen molar-refractivity contribution in [1.82, 2.24) is 5.32 Å². The number of non-ortho nitro benzene ring substituents is 1. The van der Waals surface area contributed by atoms with Crippen LogP contribution >= 0.6 is 0 Å². The molecule has 22 heavy (non-hydrogen) atoms. The summed E-state index contributed by atoms with van der Waals surface area (Å²) < 4.78 is 4.86. The second-order valence-electron chi connectivity index (χ2n) is 4.15. The van der Waals surface area contributed by atoms with Gasteiger partial charge >= 0.3 is 5.97 Å². The highest BCUT2D eigenvalue weighted by molar-refractivity contribution is 6.01. The minimum atomic E-state index is -1.38. The molecular weight excluding hydrogens is 292 g/mol. The van der Waals surface area contributed by atoms with E-state index in [1.807, 2.05) is 0 Å². The summed E-state index contributed by atoms with van der Waals surface area (Å²) in [6.07, 6.45) is 2.40. The number of carboxylic acid groups (broad SMARTS) is 1. The first-order valence-corrected chi connectivity index (χ1v) is 6.01. The van der Waals surface area contributed by atoms with Crippen molar-refractivity contribution in [1.29, 1.82) is 0 Å². The van der Waals surface area contributed by atoms with Crippen LogP contribution < -0.4 is 5.32 Å². The van der Waals surface area contributed by atoms with Gasteiger partial charge in [-0.1, -0.05) is 12.1 Å². The van der Waals surface area contributed by atoms with Gasteiger partial charge in [0.05, 0.1) is 11.2 Å². The molecule has 2 rings (SSSR count). The molecule has 112 valence electrons. The van der Waals surface area contributed by atoms with Crippen molar-refractivity contribution in [2.75, 3.05) is 0 Å². The molecule has 0 spiro atoms. The predicted octanol–water partition coefficient (Wildman–Crippen LogP) is 2.04. The minimum Gasteiger partial charge on any atom is -0.477 e. The normalized spacial score (nSPS) is 11.0. The SMILES string of the molecule is O=C(O)/C(=C/c1cccc([N+](=O)[O-])c1)NC(=O)c1ccco1. The number of nitrogens with zero attached hydrogens (tertiary/aromatic N) is 1. The Morgan fingerprint density at radius 2 is 2.05 bits per heavy atom. The van der Waals surface area contributed by atoms with E-state index in [1.54, 1.807) is 0 Å². The zero-order valence-corrected chi connectivity index (χ0v) is 11.1. The van der Waals surface area contributed by atoms with Crippen LogP contribution in [0.3, 0.4) is 0 Å². The topological polar surface area (TPSA) is 123 Å². The van der Waals surface area contributed by atoms with E-state index in [2.05, 4.69) is 5.32 Å². The zero-order chi connectivity index (χ0) is 16.1. The van der Waals surface area contributed by atoms with Crippen LogP contribution in [0.15, 0.2) is 52.8 Å². The molecule has 2 N–H and O–H groups in total. The van der Waals surface area contributed by atoms with Crippen molar-refractivity contribution in [3.8, 4) is 0 Å². The summed E-state index contributed by atoms with van der Waals surface area (Å²) in [5, 5.41) is 22.0. The van der Waals surface area contributed by atoms with Crippen molar-refractivity contribution < 1.29 is 24.0 Å². The first-order valence-electron chi connectivity index (χ1n) is 6.01. The highest BCUT2D eigenvalue weighted by Crippen LogP contribution is 2.15. The summed E-state index contributed by atoms with van der Waals surface area (Å²) >= 11 is 0. The Kier molecular flexibility index (Phi) is 4.33. The lowest BCUT2D eigenvalue weighted by Gasteiger charge is -2.04. The number of nitro benzene ring substituents is 1. The Balaban J connectivity index is 2.27. The molecule has 1 heterocycles. The van der Waals surface area contributed by atoms with E-state index in [1.165, 1.54) is 42.7 Å². The third-order valence-electron chi connectivity index (χ3n) is 2.62. The standard InChI is InChI=1S/C14H10N2O6/c17-13(12-5-2-6-22-12)15-11(14(18)19)8-9-3-1-4-10(7-9)16(20)21/h1-8H,(H,15,17)(H,18,19)/b11-8-. The van der Waals surface area contributed by atoms with E-state index in [0.29, 0.717) is 0 Å². The van der Waals surface area contributed by atoms with E-state index in [-0.39, 0.29) is 17.0 Å². The maximum absolute atomic E-state index is 11.8. The third kappa shape index (κ3) is 3.57. The van der Waals surface area contributed by atoms with E-state index in [4.69, 9.17) is 9.52 Å². The van der Waals surface area contributed by atoms with Gasteiger partial charge in [-0.15, -0.1) is 0 Å². The molecular formula is C14H10N2O6. The fraction of sp³-hybridized carbons (Fsp3) is 0. The molecule has 0 aliphatic rings. The number of nitro groups is 1. The number of carboxylic acids is 1. The van der Waals surface area contributed by atoms with Gasteiger partial charge in [0, 0.05) is 12.1 Å². The molecule has 1 aromatic carbocycles. The number of carbonyl (C=O) groups excluding carboxylic acids is 1. The fourth-order valence-electron chi connectivity index (χ4n) is 1.64. The Labute approximate surface area is 123 Å². The Bertz CT molecular complexity index is 748. The van der Waals surface area contributed by atoms with Gasteiger partial charge < -0.3 is 14.8 Å². The van der Waals surface area contributed by atoms with Gasteiger partial charge in [0.15, 0.2) is 5.76 Å². The van der Waals surface area contributed by atoms with Crippen LogP contribution in [0.5, 0.6) is 0 Å². The molecule has 1 amide bonds. The number of hydrogen-bond acceptors (Lipinski definition) is 5. The van der Waals surface area contributed by atoms with Crippen LogP contribution in [0, 0.1) is 10.1 Å². The lowest BCUT2D eigenvalue weighted by Crippen LogP contribution is -2.26. The number of carbonyl (C=O) groups is 2. The molecule has 8 heteroatoms. The first kappa shape index (κ1) is 15.0. The summed E-state index contributed by atoms with van der Waals surface area (Å²) in [4.78, 5) is 33.0. The first-order chi connectivity index (χ1) is 10.5. The maximum Gasteiger partial charge on any atom is 0.352 e. The van der Waals surface area contributed by atoms with Crippen molar-refractivity contribution in [3.05, 3.63) is 69.8 Å². The second kappa shape index (κ2) is 6.35. The molecule has 0 saturated heterocycles. The van der Waals surface area contributed by atoms with Gasteiger partial charge in [0.25, 0.3) is 11.6 Å². The van der Waals surface area contributed by atoms with Crippen LogP contribution in [0.2, 0.25) is 0 Å². The number of hydrogen-bond donors (Lipinski definition) is 2. The number of benzene rings is 1. The van der Waals surface area contributed by atoms with Gasteiger partial charge in [0.2, 0.25) is 0 Å². The van der Waals surface area contributed by atoms with Crippen LogP contribution in [0.25, 0.3) is 6.08 Å². The van der Waals surface area contributed by atoms with E-state index in [0.717, 1.165) is 6.08 Å². The number of aliphatic carboxylic acids is 1. The van der Waals surface area contributed by atoms with Crippen LogP contribution in [-0.4, -0.2) is 21.9 Å². The minimum absolute atomic E-state index is 0.0498. The summed E-state index contributed by atoms with van der Waals surface area (Å²) in [6, 6.07) is 8.23. The number of rotatable bonds is 5. The smallest absolute Gasteiger partial charge is 0.352 e. The summed E-state index contributed by atoms with van der Waals surface area (Å²) in [7, 11) is 0.